The van der Waals surface area contributed by atoms with Gasteiger partial charge in [-0.2, -0.15) is 0 Å². The molecule has 0 unspecified atom stereocenters. The normalized spacial score (nSPS) is 10.1. The molecule has 0 aromatic heterocycles. The lowest BCUT2D eigenvalue weighted by Crippen LogP contribution is -1.99. The molecule has 15 heavy (non-hydrogen) atoms. The molecule has 3 nitrogen and oxygen atoms in total. The highest BCUT2D eigenvalue weighted by Gasteiger charge is 2.07. The third-order valence-electron chi connectivity index (χ3n) is 2.17. The van der Waals surface area contributed by atoms with Gasteiger partial charge in [-0.05, 0) is 36.6 Å². The summed E-state index contributed by atoms with van der Waals surface area (Å²) < 4.78 is 5.14. The predicted molar refractivity (Wildman–Crippen MR) is 58.7 cm³/mol. The molecule has 0 spiro atoms. The second-order valence-electron chi connectivity index (χ2n) is 3.31. The van der Waals surface area contributed by atoms with Crippen LogP contribution in [0.2, 0.25) is 5.02 Å². The van der Waals surface area contributed by atoms with Crippen LogP contribution in [0.4, 0.5) is 0 Å². The number of rotatable bonds is 4. The van der Waals surface area contributed by atoms with Crippen molar-refractivity contribution in [2.24, 2.45) is 0 Å². The van der Waals surface area contributed by atoms with E-state index in [1.807, 2.05) is 6.92 Å². The van der Waals surface area contributed by atoms with Crippen LogP contribution in [0.5, 0.6) is 5.75 Å². The second kappa shape index (κ2) is 5.03. The van der Waals surface area contributed by atoms with E-state index in [0.717, 1.165) is 16.9 Å². The summed E-state index contributed by atoms with van der Waals surface area (Å²) >= 11 is 5.99. The van der Waals surface area contributed by atoms with Gasteiger partial charge in [0.25, 0.3) is 0 Å². The zero-order valence-corrected chi connectivity index (χ0v) is 9.47. The SMILES string of the molecule is COc1cc(CCC(=O)O)c(Cl)cc1C. The zero-order valence-electron chi connectivity index (χ0n) is 8.71. The van der Waals surface area contributed by atoms with E-state index < -0.39 is 5.97 Å². The van der Waals surface area contributed by atoms with Crippen molar-refractivity contribution in [1.82, 2.24) is 0 Å². The molecular weight excluding hydrogens is 216 g/mol. The minimum atomic E-state index is -0.828. The first-order valence-electron chi connectivity index (χ1n) is 4.59. The van der Waals surface area contributed by atoms with Crippen molar-refractivity contribution in [3.8, 4) is 5.75 Å². The monoisotopic (exact) mass is 228 g/mol. The highest BCUT2D eigenvalue weighted by molar-refractivity contribution is 6.31. The first-order chi connectivity index (χ1) is 7.04. The molecule has 0 saturated carbocycles. The van der Waals surface area contributed by atoms with Crippen LogP contribution in [-0.2, 0) is 11.2 Å². The molecule has 1 aromatic rings. The summed E-state index contributed by atoms with van der Waals surface area (Å²) in [7, 11) is 1.58. The molecule has 82 valence electrons. The molecule has 1 rings (SSSR count). The summed E-state index contributed by atoms with van der Waals surface area (Å²) in [6.07, 6.45) is 0.497. The van der Waals surface area contributed by atoms with Gasteiger partial charge in [-0.25, -0.2) is 0 Å². The van der Waals surface area contributed by atoms with Gasteiger partial charge < -0.3 is 9.84 Å². The van der Waals surface area contributed by atoms with Crippen LogP contribution in [0, 0.1) is 6.92 Å². The quantitative estimate of drug-likeness (QED) is 0.862. The number of aryl methyl sites for hydroxylation is 2. The van der Waals surface area contributed by atoms with Crippen LogP contribution in [0.1, 0.15) is 17.5 Å². The van der Waals surface area contributed by atoms with Crippen molar-refractivity contribution < 1.29 is 14.6 Å². The van der Waals surface area contributed by atoms with Gasteiger partial charge in [-0.1, -0.05) is 11.6 Å². The molecule has 0 bridgehead atoms. The molecular formula is C11H13ClO3. The number of aliphatic carboxylic acids is 1. The Balaban J connectivity index is 2.92. The minimum absolute atomic E-state index is 0.0753. The molecule has 0 aliphatic carbocycles. The van der Waals surface area contributed by atoms with Crippen molar-refractivity contribution in [2.75, 3.05) is 7.11 Å². The Morgan fingerprint density at radius 1 is 1.53 bits per heavy atom. The number of hydrogen-bond acceptors (Lipinski definition) is 2. The Morgan fingerprint density at radius 2 is 2.20 bits per heavy atom. The maximum atomic E-state index is 10.4. The van der Waals surface area contributed by atoms with Crippen molar-refractivity contribution in [3.63, 3.8) is 0 Å². The average Bonchev–Trinajstić information content (AvgIpc) is 2.16. The average molecular weight is 229 g/mol. The van der Waals surface area contributed by atoms with Gasteiger partial charge in [-0.15, -0.1) is 0 Å². The van der Waals surface area contributed by atoms with E-state index in [0.29, 0.717) is 11.4 Å². The van der Waals surface area contributed by atoms with Crippen LogP contribution < -0.4 is 4.74 Å². The second-order valence-corrected chi connectivity index (χ2v) is 3.71. The molecule has 4 heteroatoms. The number of carbonyl (C=O) groups is 1. The largest absolute Gasteiger partial charge is 0.496 e. The third kappa shape index (κ3) is 3.13. The van der Waals surface area contributed by atoms with Crippen molar-refractivity contribution in [3.05, 3.63) is 28.3 Å². The molecule has 0 fully saturated rings. The number of hydrogen-bond donors (Lipinski definition) is 1. The summed E-state index contributed by atoms with van der Waals surface area (Å²) in [5.74, 6) is -0.0922. The number of benzene rings is 1. The maximum absolute atomic E-state index is 10.4. The number of carboxylic acids is 1. The van der Waals surface area contributed by atoms with E-state index >= 15 is 0 Å². The first-order valence-corrected chi connectivity index (χ1v) is 4.97. The standard InChI is InChI=1S/C11H13ClO3/c1-7-5-9(12)8(3-4-11(13)14)6-10(7)15-2/h5-6H,3-4H2,1-2H3,(H,13,14). The zero-order chi connectivity index (χ0) is 11.4. The first kappa shape index (κ1) is 11.9. The fourth-order valence-corrected chi connectivity index (χ4v) is 1.66. The highest BCUT2D eigenvalue weighted by Crippen LogP contribution is 2.27. The van der Waals surface area contributed by atoms with E-state index in [1.165, 1.54) is 0 Å². The molecule has 1 aromatic carbocycles. The Kier molecular flexibility index (Phi) is 3.97. The molecule has 1 N–H and O–H groups in total. The van der Waals surface area contributed by atoms with E-state index in [4.69, 9.17) is 21.4 Å². The number of methoxy groups -OCH3 is 1. The third-order valence-corrected chi connectivity index (χ3v) is 2.52. The predicted octanol–water partition coefficient (Wildman–Crippen LogP) is 2.67. The summed E-state index contributed by atoms with van der Waals surface area (Å²) in [5.41, 5.74) is 1.75. The van der Waals surface area contributed by atoms with E-state index in [2.05, 4.69) is 0 Å². The Labute approximate surface area is 93.6 Å². The minimum Gasteiger partial charge on any atom is -0.496 e. The Bertz CT molecular complexity index is 374. The lowest BCUT2D eigenvalue weighted by molar-refractivity contribution is -0.136. The Hall–Kier alpha value is -1.22. The maximum Gasteiger partial charge on any atom is 0.303 e. The summed E-state index contributed by atoms with van der Waals surface area (Å²) in [4.78, 5) is 10.4. The van der Waals surface area contributed by atoms with Crippen LogP contribution in [-0.4, -0.2) is 18.2 Å². The van der Waals surface area contributed by atoms with Gasteiger partial charge in [0.05, 0.1) is 7.11 Å². The number of halogens is 1. The molecule has 0 amide bonds. The fourth-order valence-electron chi connectivity index (χ4n) is 1.35. The summed E-state index contributed by atoms with van der Waals surface area (Å²) in [6.45, 7) is 1.89. The summed E-state index contributed by atoms with van der Waals surface area (Å²) in [5, 5.41) is 9.16. The molecule has 0 aliphatic heterocycles. The molecule has 0 aliphatic rings. The van der Waals surface area contributed by atoms with E-state index in [-0.39, 0.29) is 6.42 Å². The van der Waals surface area contributed by atoms with E-state index in [9.17, 15) is 4.79 Å². The summed E-state index contributed by atoms with van der Waals surface area (Å²) in [6, 6.07) is 3.58. The molecule has 0 radical (unpaired) electrons. The topological polar surface area (TPSA) is 46.5 Å². The van der Waals surface area contributed by atoms with Crippen molar-refractivity contribution in [2.45, 2.75) is 19.8 Å². The Morgan fingerprint density at radius 3 is 2.73 bits per heavy atom. The van der Waals surface area contributed by atoms with Crippen LogP contribution in [0.3, 0.4) is 0 Å². The van der Waals surface area contributed by atoms with Crippen molar-refractivity contribution in [1.29, 1.82) is 0 Å². The lowest BCUT2D eigenvalue weighted by atomic mass is 10.1. The van der Waals surface area contributed by atoms with E-state index in [1.54, 1.807) is 19.2 Å². The van der Waals surface area contributed by atoms with Crippen molar-refractivity contribution >= 4 is 17.6 Å². The number of carboxylic acid groups (broad SMARTS) is 1. The highest BCUT2D eigenvalue weighted by atomic mass is 35.5. The van der Waals surface area contributed by atoms with Gasteiger partial charge in [0, 0.05) is 11.4 Å². The van der Waals surface area contributed by atoms with Gasteiger partial charge in [0.2, 0.25) is 0 Å². The van der Waals surface area contributed by atoms with Crippen LogP contribution in [0.25, 0.3) is 0 Å². The van der Waals surface area contributed by atoms with Gasteiger partial charge in [0.1, 0.15) is 5.75 Å². The molecule has 0 saturated heterocycles. The van der Waals surface area contributed by atoms with Gasteiger partial charge in [0.15, 0.2) is 0 Å². The molecule has 0 heterocycles. The molecule has 0 atom stereocenters. The van der Waals surface area contributed by atoms with Crippen LogP contribution in [0.15, 0.2) is 12.1 Å². The lowest BCUT2D eigenvalue weighted by Gasteiger charge is -2.09. The fraction of sp³-hybridized carbons (Fsp3) is 0.364. The smallest absolute Gasteiger partial charge is 0.303 e. The van der Waals surface area contributed by atoms with Gasteiger partial charge >= 0.3 is 5.97 Å². The number of ether oxygens (including phenoxy) is 1. The van der Waals surface area contributed by atoms with Crippen LogP contribution >= 0.6 is 11.6 Å². The van der Waals surface area contributed by atoms with Gasteiger partial charge in [-0.3, -0.25) is 4.79 Å².